The number of hydrogen-bond acceptors (Lipinski definition) is 3. The molecule has 1 fully saturated rings. The fraction of sp³-hybridized carbons (Fsp3) is 0.650. The Morgan fingerprint density at radius 2 is 1.88 bits per heavy atom. The molecule has 1 amide bonds. The number of amides is 1. The van der Waals surface area contributed by atoms with E-state index in [-0.39, 0.29) is 12.1 Å². The van der Waals surface area contributed by atoms with Gasteiger partial charge in [0.1, 0.15) is 5.60 Å². The minimum atomic E-state index is -0.432. The number of benzene rings is 1. The summed E-state index contributed by atoms with van der Waals surface area (Å²) in [6.45, 7) is 11.2. The Bertz CT molecular complexity index is 502. The number of rotatable bonds is 5. The largest absolute Gasteiger partial charge is 0.444 e. The standard InChI is InChI=1S/C20H32N2O2/c1-16(17-8-6-5-7-9-17)10-13-22-14-11-18(12-15-22)21-19(23)24-20(2,3)4/h5-9,16,18H,10-15H2,1-4H3,(H,21,23). The summed E-state index contributed by atoms with van der Waals surface area (Å²) >= 11 is 0. The van der Waals surface area contributed by atoms with Crippen molar-refractivity contribution in [1.29, 1.82) is 0 Å². The van der Waals surface area contributed by atoms with E-state index < -0.39 is 5.60 Å². The minimum absolute atomic E-state index is 0.239. The molecule has 0 spiro atoms. The van der Waals surface area contributed by atoms with Crippen LogP contribution in [0.25, 0.3) is 0 Å². The van der Waals surface area contributed by atoms with Crippen LogP contribution in [0.2, 0.25) is 0 Å². The maximum absolute atomic E-state index is 11.8. The van der Waals surface area contributed by atoms with Crippen LogP contribution in [0.4, 0.5) is 4.79 Å². The minimum Gasteiger partial charge on any atom is -0.444 e. The first kappa shape index (κ1) is 18.8. The van der Waals surface area contributed by atoms with Gasteiger partial charge >= 0.3 is 6.09 Å². The maximum atomic E-state index is 11.8. The second kappa shape index (κ2) is 8.52. The normalized spacial score (nSPS) is 18.2. The van der Waals surface area contributed by atoms with E-state index in [0.717, 1.165) is 32.5 Å². The summed E-state index contributed by atoms with van der Waals surface area (Å²) in [4.78, 5) is 14.3. The molecule has 1 unspecified atom stereocenters. The van der Waals surface area contributed by atoms with E-state index in [2.05, 4.69) is 47.5 Å². The van der Waals surface area contributed by atoms with Crippen LogP contribution in [-0.2, 0) is 4.74 Å². The van der Waals surface area contributed by atoms with Crippen LogP contribution in [0.1, 0.15) is 58.4 Å². The highest BCUT2D eigenvalue weighted by molar-refractivity contribution is 5.68. The Kier molecular flexibility index (Phi) is 6.67. The fourth-order valence-corrected chi connectivity index (χ4v) is 3.10. The van der Waals surface area contributed by atoms with Crippen molar-refractivity contribution in [2.45, 2.75) is 64.5 Å². The molecule has 24 heavy (non-hydrogen) atoms. The molecule has 0 bridgehead atoms. The Balaban J connectivity index is 1.67. The van der Waals surface area contributed by atoms with E-state index in [1.54, 1.807) is 0 Å². The summed E-state index contributed by atoms with van der Waals surface area (Å²) in [5.41, 5.74) is 0.984. The zero-order valence-electron chi connectivity index (χ0n) is 15.5. The smallest absolute Gasteiger partial charge is 0.407 e. The van der Waals surface area contributed by atoms with Gasteiger partial charge in [-0.15, -0.1) is 0 Å². The second-order valence-electron chi connectivity index (χ2n) is 7.86. The molecule has 0 radical (unpaired) electrons. The zero-order chi connectivity index (χ0) is 17.6. The highest BCUT2D eigenvalue weighted by Crippen LogP contribution is 2.20. The van der Waals surface area contributed by atoms with Gasteiger partial charge in [0.25, 0.3) is 0 Å². The first-order valence-corrected chi connectivity index (χ1v) is 9.10. The van der Waals surface area contributed by atoms with Crippen LogP contribution in [-0.4, -0.2) is 42.3 Å². The fourth-order valence-electron chi connectivity index (χ4n) is 3.10. The van der Waals surface area contributed by atoms with Crippen LogP contribution in [0, 0.1) is 0 Å². The Morgan fingerprint density at radius 1 is 1.25 bits per heavy atom. The summed E-state index contributed by atoms with van der Waals surface area (Å²) in [6, 6.07) is 10.9. The van der Waals surface area contributed by atoms with Gasteiger partial charge < -0.3 is 15.0 Å². The molecule has 0 saturated carbocycles. The first-order valence-electron chi connectivity index (χ1n) is 9.10. The number of nitrogens with one attached hydrogen (secondary N) is 1. The average Bonchev–Trinajstić information content (AvgIpc) is 2.53. The Labute approximate surface area is 146 Å². The Hall–Kier alpha value is -1.55. The molecule has 0 aliphatic carbocycles. The van der Waals surface area contributed by atoms with Gasteiger partial charge in [-0.3, -0.25) is 0 Å². The number of hydrogen-bond donors (Lipinski definition) is 1. The van der Waals surface area contributed by atoms with E-state index in [9.17, 15) is 4.79 Å². The molecule has 1 aromatic carbocycles. The molecule has 1 N–H and O–H groups in total. The molecule has 0 aromatic heterocycles. The number of carbonyl (C=O) groups is 1. The van der Waals surface area contributed by atoms with Crippen molar-refractivity contribution in [3.63, 3.8) is 0 Å². The number of piperidine rings is 1. The summed E-state index contributed by atoms with van der Waals surface area (Å²) in [5, 5.41) is 3.00. The van der Waals surface area contributed by atoms with Crippen molar-refractivity contribution in [3.8, 4) is 0 Å². The molecule has 134 valence electrons. The topological polar surface area (TPSA) is 41.6 Å². The number of likely N-dealkylation sites (tertiary alicyclic amines) is 1. The molecule has 1 aromatic rings. The van der Waals surface area contributed by atoms with Crippen LogP contribution in [0.5, 0.6) is 0 Å². The number of alkyl carbamates (subject to hydrolysis) is 1. The number of carbonyl (C=O) groups excluding carboxylic acids is 1. The first-order chi connectivity index (χ1) is 11.3. The van der Waals surface area contributed by atoms with Crippen LogP contribution in [0.3, 0.4) is 0 Å². The number of ether oxygens (including phenoxy) is 1. The second-order valence-corrected chi connectivity index (χ2v) is 7.86. The third-order valence-electron chi connectivity index (χ3n) is 4.56. The lowest BCUT2D eigenvalue weighted by atomic mass is 9.97. The molecule has 2 rings (SSSR count). The van der Waals surface area contributed by atoms with Gasteiger partial charge in [0.15, 0.2) is 0 Å². The molecule has 1 aliphatic heterocycles. The summed E-state index contributed by atoms with van der Waals surface area (Å²) < 4.78 is 5.33. The molecule has 4 heteroatoms. The van der Waals surface area contributed by atoms with Crippen LogP contribution in [0.15, 0.2) is 30.3 Å². The monoisotopic (exact) mass is 332 g/mol. The maximum Gasteiger partial charge on any atom is 0.407 e. The van der Waals surface area contributed by atoms with Gasteiger partial charge in [0, 0.05) is 19.1 Å². The molecule has 1 atom stereocenters. The van der Waals surface area contributed by atoms with Gasteiger partial charge in [-0.1, -0.05) is 37.3 Å². The van der Waals surface area contributed by atoms with E-state index in [0.29, 0.717) is 5.92 Å². The highest BCUT2D eigenvalue weighted by Gasteiger charge is 2.23. The SMILES string of the molecule is CC(CCN1CCC(NC(=O)OC(C)(C)C)CC1)c1ccccc1. The number of nitrogens with zero attached hydrogens (tertiary/aromatic N) is 1. The summed E-state index contributed by atoms with van der Waals surface area (Å²) in [7, 11) is 0. The van der Waals surface area contributed by atoms with Gasteiger partial charge in [-0.25, -0.2) is 4.79 Å². The molecule has 1 aliphatic rings. The van der Waals surface area contributed by atoms with Crippen molar-refractivity contribution in [2.24, 2.45) is 0 Å². The van der Waals surface area contributed by atoms with E-state index >= 15 is 0 Å². The van der Waals surface area contributed by atoms with E-state index in [4.69, 9.17) is 4.74 Å². The third-order valence-corrected chi connectivity index (χ3v) is 4.56. The van der Waals surface area contributed by atoms with Crippen molar-refractivity contribution < 1.29 is 9.53 Å². The Morgan fingerprint density at radius 3 is 2.46 bits per heavy atom. The average molecular weight is 332 g/mol. The molecular weight excluding hydrogens is 300 g/mol. The molecule has 1 saturated heterocycles. The predicted octanol–water partition coefficient (Wildman–Crippen LogP) is 4.17. The molecular formula is C20H32N2O2. The van der Waals surface area contributed by atoms with E-state index in [1.165, 1.54) is 12.0 Å². The van der Waals surface area contributed by atoms with Crippen molar-refractivity contribution >= 4 is 6.09 Å². The van der Waals surface area contributed by atoms with Gasteiger partial charge in [-0.05, 0) is 58.1 Å². The van der Waals surface area contributed by atoms with Gasteiger partial charge in [-0.2, -0.15) is 0 Å². The lowest BCUT2D eigenvalue weighted by molar-refractivity contribution is 0.0478. The van der Waals surface area contributed by atoms with Gasteiger partial charge in [0.2, 0.25) is 0 Å². The lowest BCUT2D eigenvalue weighted by Gasteiger charge is -2.33. The summed E-state index contributed by atoms with van der Waals surface area (Å²) in [6.07, 6.45) is 2.88. The quantitative estimate of drug-likeness (QED) is 0.880. The van der Waals surface area contributed by atoms with Crippen molar-refractivity contribution in [3.05, 3.63) is 35.9 Å². The van der Waals surface area contributed by atoms with Crippen LogP contribution < -0.4 is 5.32 Å². The molecule has 4 nitrogen and oxygen atoms in total. The van der Waals surface area contributed by atoms with Crippen molar-refractivity contribution in [1.82, 2.24) is 10.2 Å². The third kappa shape index (κ3) is 6.52. The zero-order valence-corrected chi connectivity index (χ0v) is 15.5. The van der Waals surface area contributed by atoms with Gasteiger partial charge in [0.05, 0.1) is 0 Å². The summed E-state index contributed by atoms with van der Waals surface area (Å²) in [5.74, 6) is 0.587. The van der Waals surface area contributed by atoms with Crippen molar-refractivity contribution in [2.75, 3.05) is 19.6 Å². The molecule has 1 heterocycles. The lowest BCUT2D eigenvalue weighted by Crippen LogP contribution is -2.46. The van der Waals surface area contributed by atoms with Crippen LogP contribution >= 0.6 is 0 Å². The van der Waals surface area contributed by atoms with E-state index in [1.807, 2.05) is 20.8 Å². The highest BCUT2D eigenvalue weighted by atomic mass is 16.6. The predicted molar refractivity (Wildman–Crippen MR) is 98.3 cm³/mol.